The van der Waals surface area contributed by atoms with Crippen molar-refractivity contribution < 1.29 is 5.11 Å². The van der Waals surface area contributed by atoms with E-state index in [4.69, 9.17) is 5.73 Å². The van der Waals surface area contributed by atoms with Gasteiger partial charge in [0.2, 0.25) is 10.8 Å². The highest BCUT2D eigenvalue weighted by Gasteiger charge is 2.14. The van der Waals surface area contributed by atoms with Crippen LogP contribution in [0.2, 0.25) is 0 Å². The molecule has 3 N–H and O–H groups in total. The molecule has 0 unspecified atom stereocenters. The third-order valence-electron chi connectivity index (χ3n) is 3.02. The molecule has 0 amide bonds. The Morgan fingerprint density at radius 2 is 2.10 bits per heavy atom. The van der Waals surface area contributed by atoms with Crippen LogP contribution in [0.5, 0.6) is 5.88 Å². The minimum Gasteiger partial charge on any atom is -0.492 e. The number of thiazole rings is 1. The van der Waals surface area contributed by atoms with Gasteiger partial charge in [0.25, 0.3) is 11.1 Å². The highest BCUT2D eigenvalue weighted by atomic mass is 32.1. The molecule has 3 rings (SSSR count). The minimum atomic E-state index is -0.763. The molecule has 0 aliphatic rings. The van der Waals surface area contributed by atoms with E-state index >= 15 is 0 Å². The molecule has 0 atom stereocenters. The fourth-order valence-electron chi connectivity index (χ4n) is 2.00. The van der Waals surface area contributed by atoms with Crippen molar-refractivity contribution in [1.29, 1.82) is 0 Å². The van der Waals surface area contributed by atoms with Crippen LogP contribution in [0, 0.1) is 6.92 Å². The van der Waals surface area contributed by atoms with E-state index in [1.54, 1.807) is 24.0 Å². The smallest absolute Gasteiger partial charge is 0.288 e. The van der Waals surface area contributed by atoms with Crippen LogP contribution in [-0.4, -0.2) is 24.3 Å². The maximum Gasteiger partial charge on any atom is 0.288 e. The zero-order chi connectivity index (χ0) is 15.3. The van der Waals surface area contributed by atoms with Gasteiger partial charge in [-0.15, -0.1) is 0 Å². The van der Waals surface area contributed by atoms with Gasteiger partial charge < -0.3 is 10.8 Å². The van der Waals surface area contributed by atoms with Crippen LogP contribution in [0.4, 0.5) is 5.69 Å². The van der Waals surface area contributed by atoms with Crippen molar-refractivity contribution in [2.45, 2.75) is 6.92 Å². The lowest BCUT2D eigenvalue weighted by Gasteiger charge is -1.95. The molecular weight excluding hydrogens is 294 g/mol. The van der Waals surface area contributed by atoms with Gasteiger partial charge in [-0.2, -0.15) is 10.1 Å². The van der Waals surface area contributed by atoms with Crippen molar-refractivity contribution in [3.8, 4) is 5.88 Å². The topological polar surface area (TPSA) is 116 Å². The molecule has 9 heteroatoms. The second-order valence-corrected chi connectivity index (χ2v) is 5.54. The lowest BCUT2D eigenvalue weighted by Crippen LogP contribution is -2.32. The van der Waals surface area contributed by atoms with E-state index in [9.17, 15) is 14.7 Å². The fourth-order valence-corrected chi connectivity index (χ4v) is 2.95. The normalized spacial score (nSPS) is 12.4. The number of anilines is 1. The zero-order valence-corrected chi connectivity index (χ0v) is 12.0. The van der Waals surface area contributed by atoms with E-state index in [1.165, 1.54) is 0 Å². The molecule has 8 nitrogen and oxygen atoms in total. The zero-order valence-electron chi connectivity index (χ0n) is 11.2. The molecule has 0 fully saturated rings. The molecule has 0 radical (unpaired) electrons. The molecule has 0 saturated heterocycles. The first-order chi connectivity index (χ1) is 9.88. The first-order valence-electron chi connectivity index (χ1n) is 5.94. The van der Waals surface area contributed by atoms with Crippen LogP contribution in [0.25, 0.3) is 11.0 Å². The number of nitrogens with two attached hydrogens (primary N) is 1. The van der Waals surface area contributed by atoms with Gasteiger partial charge >= 0.3 is 0 Å². The summed E-state index contributed by atoms with van der Waals surface area (Å²) in [4.78, 5) is 28.1. The molecule has 0 saturated carbocycles. The van der Waals surface area contributed by atoms with Crippen molar-refractivity contribution >= 4 is 28.1 Å². The summed E-state index contributed by atoms with van der Waals surface area (Å²) < 4.78 is 2.81. The molecular formula is C12H11N5O3S. The summed E-state index contributed by atoms with van der Waals surface area (Å²) in [6.45, 7) is 1.82. The third-order valence-corrected chi connectivity index (χ3v) is 3.99. The summed E-state index contributed by atoms with van der Waals surface area (Å²) >= 11 is 1.00. The van der Waals surface area contributed by atoms with Crippen LogP contribution in [0.1, 0.15) is 11.3 Å². The summed E-state index contributed by atoms with van der Waals surface area (Å²) in [5.74, 6) is -0.564. The molecule has 21 heavy (non-hydrogen) atoms. The van der Waals surface area contributed by atoms with E-state index < -0.39 is 22.7 Å². The standard InChI is InChI=1S/C12H11N5O3S/c1-5-6(4-16(2)15-5)3-7-10(19)17-11(20)8(13)9(18)14-12(17)21-7/h3-4,18H,13H2,1-2H3. The highest BCUT2D eigenvalue weighted by Crippen LogP contribution is 2.12. The Kier molecular flexibility index (Phi) is 2.80. The van der Waals surface area contributed by atoms with Crippen LogP contribution in [0.15, 0.2) is 15.8 Å². The van der Waals surface area contributed by atoms with Gasteiger partial charge in [0.1, 0.15) is 0 Å². The van der Waals surface area contributed by atoms with Crippen molar-refractivity contribution in [3.63, 3.8) is 0 Å². The van der Waals surface area contributed by atoms with Gasteiger partial charge in [0.05, 0.1) is 10.2 Å². The van der Waals surface area contributed by atoms with Gasteiger partial charge in [0, 0.05) is 18.8 Å². The van der Waals surface area contributed by atoms with Gasteiger partial charge in [-0.1, -0.05) is 11.3 Å². The number of hydrogen-bond acceptors (Lipinski definition) is 7. The minimum absolute atomic E-state index is 0.101. The van der Waals surface area contributed by atoms with E-state index in [1.807, 2.05) is 6.92 Å². The van der Waals surface area contributed by atoms with Crippen molar-refractivity contribution in [2.24, 2.45) is 7.05 Å². The number of nitrogen functional groups attached to an aromatic ring is 1. The van der Waals surface area contributed by atoms with Crippen molar-refractivity contribution in [3.05, 3.63) is 42.7 Å². The average Bonchev–Trinajstić information content (AvgIpc) is 2.88. The number of aromatic hydroxyl groups is 1. The third kappa shape index (κ3) is 1.98. The number of fused-ring (bicyclic) bond motifs is 1. The second-order valence-electron chi connectivity index (χ2n) is 4.53. The Hall–Kier alpha value is -2.68. The number of aryl methyl sites for hydroxylation is 2. The van der Waals surface area contributed by atoms with Crippen molar-refractivity contribution in [1.82, 2.24) is 19.2 Å². The first kappa shape index (κ1) is 13.3. The molecule has 0 spiro atoms. The maximum absolute atomic E-state index is 12.3. The first-order valence-corrected chi connectivity index (χ1v) is 6.76. The Labute approximate surface area is 121 Å². The largest absolute Gasteiger partial charge is 0.492 e. The van der Waals surface area contributed by atoms with E-state index in [2.05, 4.69) is 10.1 Å². The van der Waals surface area contributed by atoms with Crippen molar-refractivity contribution in [2.75, 3.05) is 5.73 Å². The van der Waals surface area contributed by atoms with Crippen LogP contribution < -0.4 is 21.4 Å². The van der Waals surface area contributed by atoms with Gasteiger partial charge in [-0.05, 0) is 13.0 Å². The van der Waals surface area contributed by atoms with Crippen LogP contribution in [-0.2, 0) is 7.05 Å². The Balaban J connectivity index is 2.38. The summed E-state index contributed by atoms with van der Waals surface area (Å²) in [5, 5.41) is 13.6. The van der Waals surface area contributed by atoms with Crippen LogP contribution in [0.3, 0.4) is 0 Å². The molecule has 3 heterocycles. The number of aromatic nitrogens is 4. The van der Waals surface area contributed by atoms with E-state index in [0.29, 0.717) is 4.53 Å². The van der Waals surface area contributed by atoms with Gasteiger partial charge in [0.15, 0.2) is 5.69 Å². The predicted molar refractivity (Wildman–Crippen MR) is 78.4 cm³/mol. The number of nitrogens with zero attached hydrogens (tertiary/aromatic N) is 4. The maximum atomic E-state index is 12.3. The SMILES string of the molecule is Cc1nn(C)cc1C=c1sc2nc(O)c(N)c(=O)n2c1=O. The summed E-state index contributed by atoms with van der Waals surface area (Å²) in [5.41, 5.74) is 5.22. The van der Waals surface area contributed by atoms with E-state index in [0.717, 1.165) is 27.0 Å². The fraction of sp³-hybridized carbons (Fsp3) is 0.167. The Morgan fingerprint density at radius 1 is 1.38 bits per heavy atom. The predicted octanol–water partition coefficient (Wildman–Crippen LogP) is -1.01. The molecule has 0 aliphatic carbocycles. The molecule has 0 aliphatic heterocycles. The lowest BCUT2D eigenvalue weighted by atomic mass is 10.2. The molecule has 0 aromatic carbocycles. The number of hydrogen-bond donors (Lipinski definition) is 2. The average molecular weight is 305 g/mol. The summed E-state index contributed by atoms with van der Waals surface area (Å²) in [6, 6.07) is 0. The Morgan fingerprint density at radius 3 is 2.71 bits per heavy atom. The van der Waals surface area contributed by atoms with Gasteiger partial charge in [-0.25, -0.2) is 4.40 Å². The van der Waals surface area contributed by atoms with Gasteiger partial charge in [-0.3, -0.25) is 14.3 Å². The monoisotopic (exact) mass is 305 g/mol. The van der Waals surface area contributed by atoms with E-state index in [-0.39, 0.29) is 4.96 Å². The second kappa shape index (κ2) is 4.42. The summed E-state index contributed by atoms with van der Waals surface area (Å²) in [7, 11) is 1.78. The van der Waals surface area contributed by atoms with Crippen LogP contribution >= 0.6 is 11.3 Å². The molecule has 0 bridgehead atoms. The quantitative estimate of drug-likeness (QED) is 0.595. The molecule has 3 aromatic heterocycles. The molecule has 3 aromatic rings. The number of rotatable bonds is 1. The Bertz CT molecular complexity index is 1030. The highest BCUT2D eigenvalue weighted by molar-refractivity contribution is 7.15. The lowest BCUT2D eigenvalue weighted by molar-refractivity contribution is 0.456. The molecule has 108 valence electrons. The summed E-state index contributed by atoms with van der Waals surface area (Å²) in [6.07, 6.45) is 3.40.